The van der Waals surface area contributed by atoms with Crippen LogP contribution in [0.1, 0.15) is 0 Å². The van der Waals surface area contributed by atoms with E-state index in [2.05, 4.69) is 4.52 Å². The van der Waals surface area contributed by atoms with Gasteiger partial charge in [0.05, 0.1) is 63.7 Å². The SMILES string of the molecule is O=P(O)(O)OCC(CO)(CO)CO.O=[P+](O)O.OCC(CO)(CO)CO. The summed E-state index contributed by atoms with van der Waals surface area (Å²) in [4.78, 5) is 30.9. The Morgan fingerprint density at radius 3 is 1.04 bits per heavy atom. The van der Waals surface area contributed by atoms with Crippen LogP contribution in [-0.4, -0.2) is 108 Å². The maximum atomic E-state index is 10.3. The molecule has 0 saturated heterocycles. The van der Waals surface area contributed by atoms with Gasteiger partial charge < -0.3 is 45.5 Å². The Morgan fingerprint density at radius 2 is 0.923 bits per heavy atom. The van der Waals surface area contributed by atoms with E-state index in [9.17, 15) is 4.57 Å². The van der Waals surface area contributed by atoms with E-state index >= 15 is 0 Å². The smallest absolute Gasteiger partial charge is 0.396 e. The number of rotatable bonds is 10. The van der Waals surface area contributed by atoms with Crippen molar-refractivity contribution in [2.75, 3.05) is 52.9 Å². The lowest BCUT2D eigenvalue weighted by atomic mass is 9.93. The summed E-state index contributed by atoms with van der Waals surface area (Å²) in [7, 11) is -7.51. The maximum Gasteiger partial charge on any atom is 0.692 e. The second-order valence-electron chi connectivity index (χ2n) is 5.12. The van der Waals surface area contributed by atoms with E-state index in [1.807, 2.05) is 0 Å². The second-order valence-corrected chi connectivity index (χ2v) is 6.87. The van der Waals surface area contributed by atoms with E-state index in [0.29, 0.717) is 0 Å². The van der Waals surface area contributed by atoms with E-state index in [1.54, 1.807) is 0 Å². The second kappa shape index (κ2) is 15.9. The molecular weight excluding hydrogens is 406 g/mol. The molecule has 26 heavy (non-hydrogen) atoms. The van der Waals surface area contributed by atoms with Crippen molar-refractivity contribution in [3.63, 3.8) is 0 Å². The Labute approximate surface area is 149 Å². The zero-order valence-electron chi connectivity index (χ0n) is 13.7. The van der Waals surface area contributed by atoms with Gasteiger partial charge >= 0.3 is 16.1 Å². The molecule has 0 atom stereocenters. The molecule has 14 nitrogen and oxygen atoms in total. The molecule has 0 rings (SSSR count). The Hall–Kier alpha value is -0.150. The molecule has 0 unspecified atom stereocenters. The predicted molar refractivity (Wildman–Crippen MR) is 84.5 cm³/mol. The topological polar surface area (TPSA) is 266 Å². The molecule has 0 heterocycles. The van der Waals surface area contributed by atoms with E-state index in [-0.39, 0.29) is 0 Å². The Balaban J connectivity index is -0.000000352. The molecule has 0 aliphatic heterocycles. The van der Waals surface area contributed by atoms with Crippen LogP contribution in [0, 0.1) is 10.8 Å². The van der Waals surface area contributed by atoms with Crippen molar-refractivity contribution < 1.29 is 69.0 Å². The summed E-state index contributed by atoms with van der Waals surface area (Å²) in [5.41, 5.74) is -2.53. The summed E-state index contributed by atoms with van der Waals surface area (Å²) in [5, 5.41) is 60.1. The average Bonchev–Trinajstić information content (AvgIpc) is 2.58. The lowest BCUT2D eigenvalue weighted by Crippen LogP contribution is -2.38. The minimum absolute atomic E-state index is 0.406. The molecule has 0 aromatic heterocycles. The fraction of sp³-hybridized carbons (Fsp3) is 1.00. The van der Waals surface area contributed by atoms with Crippen molar-refractivity contribution >= 4 is 16.1 Å². The number of aliphatic hydroxyl groups is 7. The first kappa shape index (κ1) is 30.6. The number of aliphatic hydroxyl groups excluding tert-OH is 7. The number of phosphoric ester groups is 1. The summed E-state index contributed by atoms with van der Waals surface area (Å²) in [6.45, 7) is -4.11. The van der Waals surface area contributed by atoms with Gasteiger partial charge in [0.15, 0.2) is 0 Å². The third-order valence-corrected chi connectivity index (χ3v) is 3.35. The zero-order chi connectivity index (χ0) is 21.4. The van der Waals surface area contributed by atoms with Crippen molar-refractivity contribution in [2.45, 2.75) is 0 Å². The third-order valence-electron chi connectivity index (χ3n) is 2.89. The van der Waals surface area contributed by atoms with Crippen molar-refractivity contribution in [3.05, 3.63) is 0 Å². The van der Waals surface area contributed by atoms with Crippen molar-refractivity contribution in [1.82, 2.24) is 0 Å². The van der Waals surface area contributed by atoms with Gasteiger partial charge in [-0.15, -0.1) is 9.79 Å². The molecule has 0 aliphatic carbocycles. The van der Waals surface area contributed by atoms with Gasteiger partial charge in [0.25, 0.3) is 0 Å². The van der Waals surface area contributed by atoms with Crippen LogP contribution in [0.15, 0.2) is 0 Å². The highest BCUT2D eigenvalue weighted by atomic mass is 31.2. The summed E-state index contributed by atoms with van der Waals surface area (Å²) >= 11 is 0. The van der Waals surface area contributed by atoms with E-state index in [1.165, 1.54) is 0 Å². The fourth-order valence-electron chi connectivity index (χ4n) is 0.808. The summed E-state index contributed by atoms with van der Waals surface area (Å²) in [5.74, 6) is 0. The molecule has 0 aliphatic rings. The van der Waals surface area contributed by atoms with Crippen LogP contribution < -0.4 is 0 Å². The van der Waals surface area contributed by atoms with Crippen molar-refractivity contribution in [1.29, 1.82) is 0 Å². The molecule has 0 fully saturated rings. The van der Waals surface area contributed by atoms with Crippen LogP contribution in [-0.2, 0) is 13.7 Å². The molecule has 0 radical (unpaired) electrons. The van der Waals surface area contributed by atoms with Crippen LogP contribution >= 0.6 is 16.1 Å². The van der Waals surface area contributed by atoms with Crippen molar-refractivity contribution in [2.24, 2.45) is 10.8 Å². The molecule has 0 amide bonds. The standard InChI is InChI=1S/C5H13O7P.C5H12O4.HO3P/c6-1-5(2-7,3-8)4-12-13(9,10)11;6-1-5(2-7,3-8)4-9;1-4(2)3/h6-8H,1-4H2,(H2,9,10,11);6-9H,1-4H2;(H-,1,2,3)/p+1. The molecule has 16 heteroatoms. The maximum absolute atomic E-state index is 10.3. The minimum Gasteiger partial charge on any atom is -0.396 e. The molecule has 0 aromatic carbocycles. The van der Waals surface area contributed by atoms with Crippen molar-refractivity contribution in [3.8, 4) is 0 Å². The minimum atomic E-state index is -4.64. The van der Waals surface area contributed by atoms with Crippen LogP contribution in [0.5, 0.6) is 0 Å². The number of phosphoric acid groups is 1. The first-order chi connectivity index (χ1) is 11.9. The van der Waals surface area contributed by atoms with Crippen LogP contribution in [0.2, 0.25) is 0 Å². The van der Waals surface area contributed by atoms with Crippen LogP contribution in [0.25, 0.3) is 0 Å². The highest BCUT2D eigenvalue weighted by Gasteiger charge is 2.31. The Morgan fingerprint density at radius 1 is 0.692 bits per heavy atom. The Kier molecular flexibility index (Phi) is 18.7. The molecular formula is C10H27O14P2+. The summed E-state index contributed by atoms with van der Waals surface area (Å²) in [6.07, 6.45) is 0. The zero-order valence-corrected chi connectivity index (χ0v) is 15.5. The van der Waals surface area contributed by atoms with Gasteiger partial charge in [-0.2, -0.15) is 0 Å². The first-order valence-electron chi connectivity index (χ1n) is 6.68. The van der Waals surface area contributed by atoms with Gasteiger partial charge in [0, 0.05) is 4.57 Å². The monoisotopic (exact) mass is 433 g/mol. The summed E-state index contributed by atoms with van der Waals surface area (Å²) in [6, 6.07) is 0. The largest absolute Gasteiger partial charge is 0.692 e. The van der Waals surface area contributed by atoms with E-state index in [0.717, 1.165) is 0 Å². The van der Waals surface area contributed by atoms with Gasteiger partial charge in [-0.05, 0) is 0 Å². The van der Waals surface area contributed by atoms with E-state index in [4.69, 9.17) is 59.9 Å². The van der Waals surface area contributed by atoms with Gasteiger partial charge in [-0.3, -0.25) is 4.52 Å². The molecule has 0 spiro atoms. The molecule has 0 saturated carbocycles. The van der Waals surface area contributed by atoms with Gasteiger partial charge in [0.2, 0.25) is 0 Å². The van der Waals surface area contributed by atoms with E-state index < -0.39 is 79.8 Å². The molecule has 160 valence electrons. The number of hydrogen-bond acceptors (Lipinski definition) is 10. The van der Waals surface area contributed by atoms with Gasteiger partial charge in [0.1, 0.15) is 0 Å². The first-order valence-corrected chi connectivity index (χ1v) is 9.37. The molecule has 11 N–H and O–H groups in total. The summed E-state index contributed by atoms with van der Waals surface area (Å²) < 4.78 is 23.0. The number of hydrogen-bond donors (Lipinski definition) is 11. The normalized spacial score (nSPS) is 11.8. The Bertz CT molecular complexity index is 361. The molecule has 0 bridgehead atoms. The van der Waals surface area contributed by atoms with Gasteiger partial charge in [-0.1, -0.05) is 0 Å². The quantitative estimate of drug-likeness (QED) is 0.145. The molecule has 0 aromatic rings. The fourth-order valence-corrected chi connectivity index (χ4v) is 1.25. The average molecular weight is 433 g/mol. The third kappa shape index (κ3) is 16.1. The predicted octanol–water partition coefficient (Wildman–Crippen LogP) is -4.37. The lowest BCUT2D eigenvalue weighted by molar-refractivity contribution is -0.0330. The van der Waals surface area contributed by atoms with Gasteiger partial charge in [-0.25, -0.2) is 4.57 Å². The van der Waals surface area contributed by atoms with Crippen LogP contribution in [0.3, 0.4) is 0 Å². The lowest BCUT2D eigenvalue weighted by Gasteiger charge is -2.26. The highest BCUT2D eigenvalue weighted by molar-refractivity contribution is 7.46. The highest BCUT2D eigenvalue weighted by Crippen LogP contribution is 2.37. The van der Waals surface area contributed by atoms with Crippen LogP contribution in [0.4, 0.5) is 0 Å².